The molecular formula is C19H20F2N2O3S. The number of hydrogen-bond donors (Lipinski definition) is 1. The number of nitrogens with zero attached hydrogens (tertiary/aromatic N) is 1. The maximum atomic E-state index is 13.4. The largest absolute Gasteiger partial charge is 0.326 e. The summed E-state index contributed by atoms with van der Waals surface area (Å²) in [5.41, 5.74) is 1.73. The van der Waals surface area contributed by atoms with E-state index in [1.165, 1.54) is 4.31 Å². The van der Waals surface area contributed by atoms with Gasteiger partial charge in [0, 0.05) is 24.7 Å². The number of halogens is 2. The van der Waals surface area contributed by atoms with Crippen LogP contribution in [-0.2, 0) is 14.8 Å². The van der Waals surface area contributed by atoms with Crippen molar-refractivity contribution in [2.24, 2.45) is 5.92 Å². The highest BCUT2D eigenvalue weighted by Gasteiger charge is 2.32. The van der Waals surface area contributed by atoms with Crippen molar-refractivity contribution in [3.05, 3.63) is 59.7 Å². The Bertz CT molecular complexity index is 955. The molecule has 0 spiro atoms. The van der Waals surface area contributed by atoms with Crippen molar-refractivity contribution in [3.63, 3.8) is 0 Å². The summed E-state index contributed by atoms with van der Waals surface area (Å²) in [6, 6.07) is 9.96. The van der Waals surface area contributed by atoms with Gasteiger partial charge in [-0.25, -0.2) is 17.2 Å². The summed E-state index contributed by atoms with van der Waals surface area (Å²) in [4.78, 5) is 12.1. The Morgan fingerprint density at radius 2 is 1.78 bits per heavy atom. The average Bonchev–Trinajstić information content (AvgIpc) is 2.64. The summed E-state index contributed by atoms with van der Waals surface area (Å²) in [6.45, 7) is 2.22. The van der Waals surface area contributed by atoms with Crippen LogP contribution in [0.15, 0.2) is 47.4 Å². The molecule has 0 unspecified atom stereocenters. The molecular weight excluding hydrogens is 374 g/mol. The number of aryl methyl sites for hydroxylation is 1. The molecule has 1 saturated heterocycles. The number of piperidine rings is 1. The van der Waals surface area contributed by atoms with Gasteiger partial charge in [0.25, 0.3) is 0 Å². The molecule has 1 amide bonds. The van der Waals surface area contributed by atoms with Gasteiger partial charge in [0.15, 0.2) is 11.6 Å². The average molecular weight is 394 g/mol. The molecule has 1 aliphatic heterocycles. The molecule has 1 fully saturated rings. The fraction of sp³-hybridized carbons (Fsp3) is 0.316. The van der Waals surface area contributed by atoms with Gasteiger partial charge >= 0.3 is 0 Å². The zero-order valence-electron chi connectivity index (χ0n) is 14.8. The molecule has 8 heteroatoms. The third-order valence-corrected chi connectivity index (χ3v) is 6.53. The molecule has 2 aromatic carbocycles. The van der Waals surface area contributed by atoms with Crippen LogP contribution >= 0.6 is 0 Å². The van der Waals surface area contributed by atoms with Crippen LogP contribution in [0.1, 0.15) is 18.4 Å². The van der Waals surface area contributed by atoms with Crippen LogP contribution in [0.4, 0.5) is 14.5 Å². The first-order valence-corrected chi connectivity index (χ1v) is 10.0. The first-order valence-electron chi connectivity index (χ1n) is 8.60. The molecule has 1 heterocycles. The zero-order valence-corrected chi connectivity index (χ0v) is 15.6. The SMILES string of the molecule is Cc1cccc(NC(=O)C2CCN(S(=O)(=O)c3ccc(F)c(F)c3)CC2)c1. The molecule has 0 aliphatic carbocycles. The van der Waals surface area contributed by atoms with Crippen LogP contribution in [0.5, 0.6) is 0 Å². The Balaban J connectivity index is 1.64. The second-order valence-corrected chi connectivity index (χ2v) is 8.55. The molecule has 5 nitrogen and oxygen atoms in total. The number of nitrogens with one attached hydrogen (secondary N) is 1. The number of sulfonamides is 1. The number of anilines is 1. The van der Waals surface area contributed by atoms with Gasteiger partial charge in [0.2, 0.25) is 15.9 Å². The predicted octanol–water partition coefficient (Wildman–Crippen LogP) is 3.31. The van der Waals surface area contributed by atoms with Gasteiger partial charge in [0.1, 0.15) is 0 Å². The Kier molecular flexibility index (Phi) is 5.57. The highest BCUT2D eigenvalue weighted by molar-refractivity contribution is 7.89. The van der Waals surface area contributed by atoms with Crippen molar-refractivity contribution in [1.82, 2.24) is 4.31 Å². The quantitative estimate of drug-likeness (QED) is 0.865. The van der Waals surface area contributed by atoms with Crippen LogP contribution < -0.4 is 5.32 Å². The second-order valence-electron chi connectivity index (χ2n) is 6.61. The molecule has 144 valence electrons. The summed E-state index contributed by atoms with van der Waals surface area (Å²) >= 11 is 0. The highest BCUT2D eigenvalue weighted by atomic mass is 32.2. The van der Waals surface area contributed by atoms with Crippen LogP contribution in [0, 0.1) is 24.5 Å². The molecule has 27 heavy (non-hydrogen) atoms. The number of benzene rings is 2. The minimum absolute atomic E-state index is 0.146. The van der Waals surface area contributed by atoms with Crippen LogP contribution in [0.3, 0.4) is 0 Å². The van der Waals surface area contributed by atoms with Gasteiger partial charge in [0.05, 0.1) is 4.90 Å². The van der Waals surface area contributed by atoms with Gasteiger partial charge in [-0.3, -0.25) is 4.79 Å². The van der Waals surface area contributed by atoms with Gasteiger partial charge in [-0.15, -0.1) is 0 Å². The lowest BCUT2D eigenvalue weighted by atomic mass is 9.97. The minimum atomic E-state index is -3.92. The van der Waals surface area contributed by atoms with E-state index in [1.807, 2.05) is 25.1 Å². The fourth-order valence-electron chi connectivity index (χ4n) is 3.11. The first-order chi connectivity index (χ1) is 12.8. The highest BCUT2D eigenvalue weighted by Crippen LogP contribution is 2.25. The van der Waals surface area contributed by atoms with E-state index in [-0.39, 0.29) is 29.8 Å². The maximum absolute atomic E-state index is 13.4. The minimum Gasteiger partial charge on any atom is -0.326 e. The van der Waals surface area contributed by atoms with E-state index in [0.29, 0.717) is 24.6 Å². The summed E-state index contributed by atoms with van der Waals surface area (Å²) in [7, 11) is -3.92. The standard InChI is InChI=1S/C19H20F2N2O3S/c1-13-3-2-4-15(11-13)22-19(24)14-7-9-23(10-8-14)27(25,26)16-5-6-17(20)18(21)12-16/h2-6,11-12,14H,7-10H2,1H3,(H,22,24). The normalized spacial score (nSPS) is 16.3. The Morgan fingerprint density at radius 1 is 1.07 bits per heavy atom. The number of carbonyl (C=O) groups is 1. The Labute approximate surface area is 157 Å². The van der Waals surface area contributed by atoms with E-state index in [4.69, 9.17) is 0 Å². The zero-order chi connectivity index (χ0) is 19.6. The van der Waals surface area contributed by atoms with E-state index in [2.05, 4.69) is 5.32 Å². The molecule has 0 atom stereocenters. The van der Waals surface area contributed by atoms with Gasteiger partial charge in [-0.2, -0.15) is 4.31 Å². The molecule has 1 N–H and O–H groups in total. The molecule has 0 bridgehead atoms. The topological polar surface area (TPSA) is 66.5 Å². The van der Waals surface area contributed by atoms with Crippen LogP contribution in [0.2, 0.25) is 0 Å². The summed E-state index contributed by atoms with van der Waals surface area (Å²) in [5, 5.41) is 2.85. The Hall–Kier alpha value is -2.32. The number of carbonyl (C=O) groups excluding carboxylic acids is 1. The van der Waals surface area contributed by atoms with Crippen molar-refractivity contribution < 1.29 is 22.0 Å². The summed E-state index contributed by atoms with van der Waals surface area (Å²) in [6.07, 6.45) is 0.723. The van der Waals surface area contributed by atoms with Crippen LogP contribution in [-0.4, -0.2) is 31.7 Å². The van der Waals surface area contributed by atoms with E-state index in [1.54, 1.807) is 6.07 Å². The lowest BCUT2D eigenvalue weighted by Gasteiger charge is -2.30. The van der Waals surface area contributed by atoms with Crippen molar-refractivity contribution in [2.75, 3.05) is 18.4 Å². The van der Waals surface area contributed by atoms with Crippen molar-refractivity contribution in [1.29, 1.82) is 0 Å². The predicted molar refractivity (Wildman–Crippen MR) is 97.6 cm³/mol. The first kappa shape index (κ1) is 19.4. The molecule has 1 aliphatic rings. The number of hydrogen-bond acceptors (Lipinski definition) is 3. The molecule has 2 aromatic rings. The van der Waals surface area contributed by atoms with E-state index >= 15 is 0 Å². The van der Waals surface area contributed by atoms with Crippen molar-refractivity contribution in [3.8, 4) is 0 Å². The molecule has 0 aromatic heterocycles. The van der Waals surface area contributed by atoms with Gasteiger partial charge in [-0.1, -0.05) is 12.1 Å². The molecule has 3 rings (SSSR count). The third-order valence-electron chi connectivity index (χ3n) is 4.64. The second kappa shape index (κ2) is 7.74. The van der Waals surface area contributed by atoms with E-state index < -0.39 is 21.7 Å². The van der Waals surface area contributed by atoms with Gasteiger partial charge < -0.3 is 5.32 Å². The number of amides is 1. The van der Waals surface area contributed by atoms with E-state index in [9.17, 15) is 22.0 Å². The van der Waals surface area contributed by atoms with Crippen molar-refractivity contribution in [2.45, 2.75) is 24.7 Å². The number of rotatable bonds is 4. The monoisotopic (exact) mass is 394 g/mol. The lowest BCUT2D eigenvalue weighted by molar-refractivity contribution is -0.120. The fourth-order valence-corrected chi connectivity index (χ4v) is 4.59. The van der Waals surface area contributed by atoms with Gasteiger partial charge in [-0.05, 0) is 55.7 Å². The van der Waals surface area contributed by atoms with Crippen LogP contribution in [0.25, 0.3) is 0 Å². The third kappa shape index (κ3) is 4.33. The van der Waals surface area contributed by atoms with Crippen molar-refractivity contribution >= 4 is 21.6 Å². The summed E-state index contributed by atoms with van der Waals surface area (Å²) < 4.78 is 52.8. The molecule has 0 saturated carbocycles. The maximum Gasteiger partial charge on any atom is 0.243 e. The van der Waals surface area contributed by atoms with E-state index in [0.717, 1.165) is 17.7 Å². The molecule has 0 radical (unpaired) electrons. The summed E-state index contributed by atoms with van der Waals surface area (Å²) in [5.74, 6) is -2.75. The smallest absolute Gasteiger partial charge is 0.243 e. The Morgan fingerprint density at radius 3 is 2.41 bits per heavy atom. The lowest BCUT2D eigenvalue weighted by Crippen LogP contribution is -2.41.